The zero-order chi connectivity index (χ0) is 19.9. The van der Waals surface area contributed by atoms with E-state index in [9.17, 15) is 4.79 Å². The number of carbonyl (C=O) groups excluding carboxylic acids is 1. The van der Waals surface area contributed by atoms with Crippen LogP contribution in [-0.4, -0.2) is 21.9 Å². The lowest BCUT2D eigenvalue weighted by molar-refractivity contribution is -0.119. The van der Waals surface area contributed by atoms with Gasteiger partial charge in [-0.05, 0) is 43.5 Å². The molecule has 28 heavy (non-hydrogen) atoms. The van der Waals surface area contributed by atoms with Gasteiger partial charge < -0.3 is 10.6 Å². The van der Waals surface area contributed by atoms with Crippen molar-refractivity contribution in [2.75, 3.05) is 11.1 Å². The molecule has 5 nitrogen and oxygen atoms in total. The van der Waals surface area contributed by atoms with Gasteiger partial charge in [0.1, 0.15) is 0 Å². The van der Waals surface area contributed by atoms with E-state index in [2.05, 4.69) is 65.0 Å². The molecule has 0 aliphatic rings. The zero-order valence-corrected chi connectivity index (χ0v) is 17.9. The molecular formula is C21H24N4OS2. The first kappa shape index (κ1) is 20.4. The molecule has 146 valence electrons. The highest BCUT2D eigenvalue weighted by molar-refractivity contribution is 8.01. The number of hydrogen-bond acceptors (Lipinski definition) is 6. The highest BCUT2D eigenvalue weighted by Gasteiger charge is 2.14. The number of nitrogens with zero attached hydrogens (tertiary/aromatic N) is 2. The van der Waals surface area contributed by atoms with Crippen molar-refractivity contribution in [2.24, 2.45) is 0 Å². The summed E-state index contributed by atoms with van der Waals surface area (Å²) in [5.74, 6) is 0.322. The summed E-state index contributed by atoms with van der Waals surface area (Å²) < 4.78 is 0.772. The molecule has 0 aliphatic heterocycles. The number of benzene rings is 2. The molecule has 0 aliphatic carbocycles. The minimum absolute atomic E-state index is 0.000758. The Labute approximate surface area is 174 Å². The molecule has 3 aromatic rings. The van der Waals surface area contributed by atoms with E-state index in [1.54, 1.807) is 0 Å². The minimum atomic E-state index is 0.000758. The van der Waals surface area contributed by atoms with Gasteiger partial charge in [-0.1, -0.05) is 72.0 Å². The van der Waals surface area contributed by atoms with Crippen LogP contribution in [0.1, 0.15) is 36.1 Å². The Kier molecular flexibility index (Phi) is 7.06. The summed E-state index contributed by atoms with van der Waals surface area (Å²) in [5, 5.41) is 15.4. The Morgan fingerprint density at radius 3 is 2.61 bits per heavy atom. The Morgan fingerprint density at radius 2 is 1.89 bits per heavy atom. The van der Waals surface area contributed by atoms with Crippen molar-refractivity contribution >= 4 is 39.8 Å². The van der Waals surface area contributed by atoms with E-state index in [0.29, 0.717) is 5.75 Å². The molecule has 1 aromatic heterocycles. The van der Waals surface area contributed by atoms with Crippen molar-refractivity contribution in [3.8, 4) is 0 Å². The maximum Gasteiger partial charge on any atom is 0.230 e. The van der Waals surface area contributed by atoms with Crippen LogP contribution in [0.4, 0.5) is 10.8 Å². The number of nitrogens with one attached hydrogen (secondary N) is 2. The van der Waals surface area contributed by atoms with Crippen LogP contribution in [0.25, 0.3) is 0 Å². The monoisotopic (exact) mass is 412 g/mol. The second kappa shape index (κ2) is 9.71. The molecule has 0 spiro atoms. The van der Waals surface area contributed by atoms with Crippen LogP contribution in [0.5, 0.6) is 0 Å². The SMILES string of the molecule is CC[C@@H](NC(=O)CSc1nnc(Nc2cccc(C)c2)s1)c1ccc(C)cc1. The molecule has 0 radical (unpaired) electrons. The van der Waals surface area contributed by atoms with E-state index in [1.165, 1.54) is 34.2 Å². The smallest absolute Gasteiger partial charge is 0.230 e. The average Bonchev–Trinajstić information content (AvgIpc) is 3.12. The number of anilines is 2. The second-order valence-electron chi connectivity index (χ2n) is 6.60. The summed E-state index contributed by atoms with van der Waals surface area (Å²) in [6, 6.07) is 16.4. The Balaban J connectivity index is 1.51. The average molecular weight is 413 g/mol. The molecule has 0 fully saturated rings. The summed E-state index contributed by atoms with van der Waals surface area (Å²) in [6.45, 7) is 6.18. The van der Waals surface area contributed by atoms with Gasteiger partial charge in [0.25, 0.3) is 0 Å². The van der Waals surface area contributed by atoms with Crippen molar-refractivity contribution in [1.82, 2.24) is 15.5 Å². The molecule has 2 aromatic carbocycles. The lowest BCUT2D eigenvalue weighted by Gasteiger charge is -2.17. The molecule has 0 unspecified atom stereocenters. The summed E-state index contributed by atoms with van der Waals surface area (Å²) >= 11 is 2.85. The van der Waals surface area contributed by atoms with Crippen LogP contribution in [-0.2, 0) is 4.79 Å². The standard InChI is InChI=1S/C21H24N4OS2/c1-4-18(16-10-8-14(2)9-11-16)23-19(26)13-27-21-25-24-20(28-21)22-17-7-5-6-15(3)12-17/h5-12,18H,4,13H2,1-3H3,(H,22,24)(H,23,26)/t18-/m1/s1. The van der Waals surface area contributed by atoms with Crippen LogP contribution in [0.15, 0.2) is 52.9 Å². The largest absolute Gasteiger partial charge is 0.349 e. The van der Waals surface area contributed by atoms with Gasteiger partial charge in [0.2, 0.25) is 11.0 Å². The summed E-state index contributed by atoms with van der Waals surface area (Å²) in [7, 11) is 0. The van der Waals surface area contributed by atoms with Crippen molar-refractivity contribution in [2.45, 2.75) is 37.6 Å². The van der Waals surface area contributed by atoms with Crippen LogP contribution < -0.4 is 10.6 Å². The van der Waals surface area contributed by atoms with Gasteiger partial charge in [-0.2, -0.15) is 0 Å². The molecule has 0 saturated carbocycles. The van der Waals surface area contributed by atoms with Crippen LogP contribution in [0.3, 0.4) is 0 Å². The number of rotatable bonds is 8. The Bertz CT molecular complexity index is 924. The fraction of sp³-hybridized carbons (Fsp3) is 0.286. The zero-order valence-electron chi connectivity index (χ0n) is 16.2. The van der Waals surface area contributed by atoms with Gasteiger partial charge in [-0.25, -0.2) is 0 Å². The van der Waals surface area contributed by atoms with Crippen molar-refractivity contribution in [3.05, 3.63) is 65.2 Å². The molecule has 2 N–H and O–H groups in total. The fourth-order valence-electron chi connectivity index (χ4n) is 2.75. The number of aromatic nitrogens is 2. The molecule has 0 bridgehead atoms. The fourth-order valence-corrected chi connectivity index (χ4v) is 4.33. The lowest BCUT2D eigenvalue weighted by Crippen LogP contribution is -2.29. The van der Waals surface area contributed by atoms with Crippen molar-refractivity contribution in [1.29, 1.82) is 0 Å². The van der Waals surface area contributed by atoms with E-state index in [1.807, 2.05) is 25.1 Å². The van der Waals surface area contributed by atoms with Crippen LogP contribution in [0, 0.1) is 13.8 Å². The van der Waals surface area contributed by atoms with Crippen LogP contribution >= 0.6 is 23.1 Å². The number of carbonyl (C=O) groups is 1. The second-order valence-corrected chi connectivity index (χ2v) is 8.80. The van der Waals surface area contributed by atoms with E-state index >= 15 is 0 Å². The quantitative estimate of drug-likeness (QED) is 0.494. The highest BCUT2D eigenvalue weighted by Crippen LogP contribution is 2.28. The van der Waals surface area contributed by atoms with Crippen LogP contribution in [0.2, 0.25) is 0 Å². The molecule has 1 heterocycles. The third-order valence-electron chi connectivity index (χ3n) is 4.23. The minimum Gasteiger partial charge on any atom is -0.349 e. The third kappa shape index (κ3) is 5.81. The molecule has 3 rings (SSSR count). The molecule has 1 atom stereocenters. The first-order valence-corrected chi connectivity index (χ1v) is 11.0. The van der Waals surface area contributed by atoms with Gasteiger partial charge in [0, 0.05) is 5.69 Å². The van der Waals surface area contributed by atoms with E-state index < -0.39 is 0 Å². The summed E-state index contributed by atoms with van der Waals surface area (Å²) in [4.78, 5) is 12.4. The highest BCUT2D eigenvalue weighted by atomic mass is 32.2. The topological polar surface area (TPSA) is 66.9 Å². The molecule has 7 heteroatoms. The van der Waals surface area contributed by atoms with E-state index in [4.69, 9.17) is 0 Å². The molecular weight excluding hydrogens is 388 g/mol. The molecule has 0 saturated heterocycles. The summed E-state index contributed by atoms with van der Waals surface area (Å²) in [5.41, 5.74) is 4.51. The number of hydrogen-bond donors (Lipinski definition) is 2. The molecule has 1 amide bonds. The number of aryl methyl sites for hydroxylation is 2. The normalized spacial score (nSPS) is 11.8. The van der Waals surface area contributed by atoms with Crippen molar-refractivity contribution in [3.63, 3.8) is 0 Å². The first-order chi connectivity index (χ1) is 13.5. The lowest BCUT2D eigenvalue weighted by atomic mass is 10.0. The van der Waals surface area contributed by atoms with Gasteiger partial charge in [0.05, 0.1) is 11.8 Å². The predicted octanol–water partition coefficient (Wildman–Crippen LogP) is 5.26. The van der Waals surface area contributed by atoms with Gasteiger partial charge >= 0.3 is 0 Å². The number of amides is 1. The Hall–Kier alpha value is -2.38. The van der Waals surface area contributed by atoms with Crippen molar-refractivity contribution < 1.29 is 4.79 Å². The Morgan fingerprint density at radius 1 is 1.11 bits per heavy atom. The first-order valence-electron chi connectivity index (χ1n) is 9.19. The third-order valence-corrected chi connectivity index (χ3v) is 6.20. The van der Waals surface area contributed by atoms with Gasteiger partial charge in [-0.15, -0.1) is 10.2 Å². The van der Waals surface area contributed by atoms with Gasteiger partial charge in [0.15, 0.2) is 4.34 Å². The predicted molar refractivity (Wildman–Crippen MR) is 117 cm³/mol. The van der Waals surface area contributed by atoms with E-state index in [-0.39, 0.29) is 11.9 Å². The van der Waals surface area contributed by atoms with E-state index in [0.717, 1.165) is 27.1 Å². The van der Waals surface area contributed by atoms with Gasteiger partial charge in [-0.3, -0.25) is 4.79 Å². The maximum atomic E-state index is 12.4. The summed E-state index contributed by atoms with van der Waals surface area (Å²) in [6.07, 6.45) is 0.850. The maximum absolute atomic E-state index is 12.4. The number of thioether (sulfide) groups is 1.